The third kappa shape index (κ3) is 2.55. The van der Waals surface area contributed by atoms with Crippen molar-refractivity contribution < 1.29 is 4.79 Å². The zero-order valence-electron chi connectivity index (χ0n) is 10.7. The second-order valence-corrected chi connectivity index (χ2v) is 5.82. The number of rotatable bonds is 2. The molecule has 1 amide bonds. The number of aryl methyl sites for hydroxylation is 1. The maximum Gasteiger partial charge on any atom is 0.242 e. The van der Waals surface area contributed by atoms with Crippen LogP contribution in [0.1, 0.15) is 35.3 Å². The lowest BCUT2D eigenvalue weighted by atomic mass is 10.0. The summed E-state index contributed by atoms with van der Waals surface area (Å²) in [5.74, 6) is -0.0209. The summed E-state index contributed by atoms with van der Waals surface area (Å²) in [7, 11) is 0. The smallest absolute Gasteiger partial charge is 0.242 e. The molecule has 1 aliphatic heterocycles. The van der Waals surface area contributed by atoms with Crippen LogP contribution < -0.4 is 10.6 Å². The number of anilines is 1. The molecule has 18 heavy (non-hydrogen) atoms. The Bertz CT molecular complexity index is 495. The average Bonchev–Trinajstić information content (AvgIpc) is 2.65. The van der Waals surface area contributed by atoms with Crippen LogP contribution in [0.5, 0.6) is 0 Å². The highest BCUT2D eigenvalue weighted by Crippen LogP contribution is 2.31. The molecule has 0 spiro atoms. The van der Waals surface area contributed by atoms with E-state index in [1.807, 2.05) is 13.8 Å². The zero-order chi connectivity index (χ0) is 13.1. The molecule has 0 aliphatic carbocycles. The molecule has 1 saturated heterocycles. The summed E-state index contributed by atoms with van der Waals surface area (Å²) in [6.07, 6.45) is 3.08. The number of carbonyl (C=O) groups is 1. The van der Waals surface area contributed by atoms with Gasteiger partial charge < -0.3 is 10.6 Å². The van der Waals surface area contributed by atoms with Crippen LogP contribution in [0.2, 0.25) is 0 Å². The molecule has 1 aromatic rings. The summed E-state index contributed by atoms with van der Waals surface area (Å²) in [4.78, 5) is 13.2. The molecule has 5 heteroatoms. The SMILES string of the molecule is Cc1sc(NC(=O)C2CCCCN2)c(C#N)c1C. The Labute approximate surface area is 111 Å². The first-order chi connectivity index (χ1) is 8.63. The third-order valence-electron chi connectivity index (χ3n) is 3.36. The molecule has 2 N–H and O–H groups in total. The standard InChI is InChI=1S/C13H17N3OS/c1-8-9(2)18-13(10(8)7-14)16-12(17)11-5-3-4-6-15-11/h11,15H,3-6H2,1-2H3,(H,16,17). The Morgan fingerprint density at radius 3 is 2.89 bits per heavy atom. The first-order valence-corrected chi connectivity index (χ1v) is 6.99. The van der Waals surface area contributed by atoms with Gasteiger partial charge in [-0.3, -0.25) is 4.79 Å². The average molecular weight is 263 g/mol. The summed E-state index contributed by atoms with van der Waals surface area (Å²) >= 11 is 1.48. The number of piperidine rings is 1. The minimum absolute atomic E-state index is 0.0209. The van der Waals surface area contributed by atoms with Crippen molar-refractivity contribution in [1.82, 2.24) is 5.32 Å². The number of thiophene rings is 1. The summed E-state index contributed by atoms with van der Waals surface area (Å²) in [6.45, 7) is 4.78. The minimum Gasteiger partial charge on any atom is -0.315 e. The van der Waals surface area contributed by atoms with Gasteiger partial charge in [0.2, 0.25) is 5.91 Å². The molecule has 0 saturated carbocycles. The van der Waals surface area contributed by atoms with Gasteiger partial charge in [-0.05, 0) is 38.8 Å². The van der Waals surface area contributed by atoms with E-state index in [9.17, 15) is 4.79 Å². The van der Waals surface area contributed by atoms with Gasteiger partial charge >= 0.3 is 0 Å². The van der Waals surface area contributed by atoms with Gasteiger partial charge in [-0.15, -0.1) is 11.3 Å². The van der Waals surface area contributed by atoms with Crippen molar-refractivity contribution >= 4 is 22.2 Å². The van der Waals surface area contributed by atoms with Gasteiger partial charge in [-0.1, -0.05) is 6.42 Å². The highest BCUT2D eigenvalue weighted by Gasteiger charge is 2.22. The molecule has 1 fully saturated rings. The topological polar surface area (TPSA) is 64.9 Å². The second kappa shape index (κ2) is 5.51. The van der Waals surface area contributed by atoms with E-state index in [4.69, 9.17) is 5.26 Å². The second-order valence-electron chi connectivity index (χ2n) is 4.59. The van der Waals surface area contributed by atoms with E-state index in [0.717, 1.165) is 36.2 Å². The van der Waals surface area contributed by atoms with E-state index in [1.54, 1.807) is 0 Å². The predicted octanol–water partition coefficient (Wildman–Crippen LogP) is 2.32. The molecule has 0 radical (unpaired) electrons. The molecule has 96 valence electrons. The van der Waals surface area contributed by atoms with Crippen molar-refractivity contribution in [3.05, 3.63) is 16.0 Å². The monoisotopic (exact) mass is 263 g/mol. The lowest BCUT2D eigenvalue weighted by Crippen LogP contribution is -2.43. The van der Waals surface area contributed by atoms with Crippen molar-refractivity contribution in [2.75, 3.05) is 11.9 Å². The molecular weight excluding hydrogens is 246 g/mol. The Kier molecular flexibility index (Phi) is 4.00. The predicted molar refractivity (Wildman–Crippen MR) is 72.8 cm³/mol. The fraction of sp³-hybridized carbons (Fsp3) is 0.538. The summed E-state index contributed by atoms with van der Waals surface area (Å²) in [5.41, 5.74) is 1.57. The molecule has 1 aromatic heterocycles. The summed E-state index contributed by atoms with van der Waals surface area (Å²) in [5, 5.41) is 15.9. The summed E-state index contributed by atoms with van der Waals surface area (Å²) in [6, 6.07) is 2.05. The van der Waals surface area contributed by atoms with E-state index in [1.165, 1.54) is 11.3 Å². The van der Waals surface area contributed by atoms with Crippen molar-refractivity contribution in [1.29, 1.82) is 5.26 Å². The molecule has 0 aromatic carbocycles. The Hall–Kier alpha value is -1.38. The molecule has 2 rings (SSSR count). The van der Waals surface area contributed by atoms with Gasteiger partial charge in [0, 0.05) is 4.88 Å². The summed E-state index contributed by atoms with van der Waals surface area (Å²) < 4.78 is 0. The first kappa shape index (κ1) is 13.1. The molecule has 1 unspecified atom stereocenters. The van der Waals surface area contributed by atoms with E-state index in [2.05, 4.69) is 16.7 Å². The number of hydrogen-bond acceptors (Lipinski definition) is 4. The highest BCUT2D eigenvalue weighted by atomic mass is 32.1. The van der Waals surface area contributed by atoms with Crippen molar-refractivity contribution in [2.24, 2.45) is 0 Å². The van der Waals surface area contributed by atoms with Crippen LogP contribution in [0.25, 0.3) is 0 Å². The van der Waals surface area contributed by atoms with Gasteiger partial charge in [0.1, 0.15) is 11.1 Å². The number of nitrogens with one attached hydrogen (secondary N) is 2. The van der Waals surface area contributed by atoms with E-state index >= 15 is 0 Å². The lowest BCUT2D eigenvalue weighted by molar-refractivity contribution is -0.118. The number of hydrogen-bond donors (Lipinski definition) is 2. The maximum absolute atomic E-state index is 12.1. The molecule has 0 bridgehead atoms. The molecular formula is C13H17N3OS. The highest BCUT2D eigenvalue weighted by molar-refractivity contribution is 7.16. The van der Waals surface area contributed by atoms with Crippen LogP contribution >= 0.6 is 11.3 Å². The van der Waals surface area contributed by atoms with E-state index in [0.29, 0.717) is 10.6 Å². The van der Waals surface area contributed by atoms with E-state index < -0.39 is 0 Å². The van der Waals surface area contributed by atoms with Crippen LogP contribution in [0, 0.1) is 25.2 Å². The largest absolute Gasteiger partial charge is 0.315 e. The van der Waals surface area contributed by atoms with Crippen molar-refractivity contribution in [3.63, 3.8) is 0 Å². The van der Waals surface area contributed by atoms with Crippen LogP contribution in [-0.2, 0) is 4.79 Å². The van der Waals surface area contributed by atoms with Gasteiger partial charge in [0.25, 0.3) is 0 Å². The number of amides is 1. The fourth-order valence-electron chi connectivity index (χ4n) is 2.12. The van der Waals surface area contributed by atoms with Gasteiger partial charge in [-0.25, -0.2) is 0 Å². The van der Waals surface area contributed by atoms with Crippen LogP contribution in [0.3, 0.4) is 0 Å². The van der Waals surface area contributed by atoms with Gasteiger partial charge in [-0.2, -0.15) is 5.26 Å². The zero-order valence-corrected chi connectivity index (χ0v) is 11.5. The minimum atomic E-state index is -0.118. The van der Waals surface area contributed by atoms with Crippen molar-refractivity contribution in [2.45, 2.75) is 39.2 Å². The quantitative estimate of drug-likeness (QED) is 0.860. The van der Waals surface area contributed by atoms with Crippen LogP contribution in [-0.4, -0.2) is 18.5 Å². The Balaban J connectivity index is 2.11. The fourth-order valence-corrected chi connectivity index (χ4v) is 3.14. The van der Waals surface area contributed by atoms with Crippen LogP contribution in [0.15, 0.2) is 0 Å². The van der Waals surface area contributed by atoms with Crippen LogP contribution in [0.4, 0.5) is 5.00 Å². The molecule has 4 nitrogen and oxygen atoms in total. The number of nitriles is 1. The number of carbonyl (C=O) groups excluding carboxylic acids is 1. The molecule has 1 atom stereocenters. The molecule has 2 heterocycles. The number of nitrogens with zero attached hydrogens (tertiary/aromatic N) is 1. The molecule has 1 aliphatic rings. The Morgan fingerprint density at radius 1 is 1.50 bits per heavy atom. The lowest BCUT2D eigenvalue weighted by Gasteiger charge is -2.22. The normalized spacial score (nSPS) is 19.3. The van der Waals surface area contributed by atoms with Gasteiger partial charge in [0.15, 0.2) is 0 Å². The maximum atomic E-state index is 12.1. The van der Waals surface area contributed by atoms with Gasteiger partial charge in [0.05, 0.1) is 11.6 Å². The third-order valence-corrected chi connectivity index (χ3v) is 4.48. The first-order valence-electron chi connectivity index (χ1n) is 6.18. The van der Waals surface area contributed by atoms with E-state index in [-0.39, 0.29) is 11.9 Å². The Morgan fingerprint density at radius 2 is 2.28 bits per heavy atom. The van der Waals surface area contributed by atoms with Crippen molar-refractivity contribution in [3.8, 4) is 6.07 Å².